The lowest BCUT2D eigenvalue weighted by Gasteiger charge is -1.98. The van der Waals surface area contributed by atoms with Crippen molar-refractivity contribution in [3.8, 4) is 0 Å². The van der Waals surface area contributed by atoms with Crippen molar-refractivity contribution in [2.24, 2.45) is 0 Å². The van der Waals surface area contributed by atoms with Crippen LogP contribution in [0.25, 0.3) is 0 Å². The van der Waals surface area contributed by atoms with E-state index >= 15 is 0 Å². The smallest absolute Gasteiger partial charge is 0.349 e. The molecule has 0 N–H and O–H groups in total. The van der Waals surface area contributed by atoms with Crippen molar-refractivity contribution in [2.45, 2.75) is 6.54 Å². The Kier molecular flexibility index (Phi) is 3.58. The lowest BCUT2D eigenvalue weighted by Crippen LogP contribution is -2.02. The van der Waals surface area contributed by atoms with Crippen molar-refractivity contribution in [1.82, 2.24) is 0 Å². The largest absolute Gasteiger partial charge is 0.380 e. The molecule has 0 aromatic heterocycles. The summed E-state index contributed by atoms with van der Waals surface area (Å²) in [4.78, 5) is 20.8. The molecule has 0 heterocycles. The monoisotopic (exact) mass is 259 g/mol. The second-order valence-corrected chi connectivity index (χ2v) is 2.88. The minimum Gasteiger partial charge on any atom is -0.380 e. The fraction of sp³-hybridized carbons (Fsp3) is 0.125. The van der Waals surface area contributed by atoms with E-state index < -0.39 is 10.9 Å². The Balaban J connectivity index is 2.89. The van der Waals surface area contributed by atoms with Crippen molar-refractivity contribution in [2.75, 3.05) is 0 Å². The standard InChI is InChI=1S/C8H6BrNO4/c9-14-8(11)7-3-1-2-6(4-7)5-10(12)13/h1-4H,5H2. The highest BCUT2D eigenvalue weighted by Gasteiger charge is 2.08. The van der Waals surface area contributed by atoms with Crippen LogP contribution in [0.2, 0.25) is 0 Å². The molecule has 1 aromatic carbocycles. The zero-order valence-corrected chi connectivity index (χ0v) is 8.56. The summed E-state index contributed by atoms with van der Waals surface area (Å²) in [5, 5.41) is 10.2. The Hall–Kier alpha value is -1.43. The summed E-state index contributed by atoms with van der Waals surface area (Å²) in [6.07, 6.45) is 0. The molecule has 5 nitrogen and oxygen atoms in total. The quantitative estimate of drug-likeness (QED) is 0.615. The van der Waals surface area contributed by atoms with Crippen LogP contribution in [-0.2, 0) is 10.4 Å². The number of carbonyl (C=O) groups excluding carboxylic acids is 1. The fourth-order valence-corrected chi connectivity index (χ4v) is 1.18. The topological polar surface area (TPSA) is 69.4 Å². The zero-order chi connectivity index (χ0) is 10.6. The first-order valence-electron chi connectivity index (χ1n) is 3.67. The van der Waals surface area contributed by atoms with Crippen LogP contribution in [0.1, 0.15) is 15.9 Å². The van der Waals surface area contributed by atoms with Crippen LogP contribution in [0, 0.1) is 10.1 Å². The summed E-state index contributed by atoms with van der Waals surface area (Å²) < 4.78 is 4.30. The lowest BCUT2D eigenvalue weighted by atomic mass is 10.1. The van der Waals surface area contributed by atoms with Crippen molar-refractivity contribution < 1.29 is 13.5 Å². The Morgan fingerprint density at radius 1 is 1.57 bits per heavy atom. The zero-order valence-electron chi connectivity index (χ0n) is 6.97. The van der Waals surface area contributed by atoms with Crippen LogP contribution in [0.4, 0.5) is 0 Å². The number of hydrogen-bond acceptors (Lipinski definition) is 4. The molecule has 1 rings (SSSR count). The van der Waals surface area contributed by atoms with E-state index in [-0.39, 0.29) is 12.1 Å². The number of halogens is 1. The molecule has 14 heavy (non-hydrogen) atoms. The van der Waals surface area contributed by atoms with Crippen LogP contribution in [0.5, 0.6) is 0 Å². The van der Waals surface area contributed by atoms with E-state index in [0.717, 1.165) is 0 Å². The number of hydrogen-bond donors (Lipinski definition) is 0. The van der Waals surface area contributed by atoms with Crippen molar-refractivity contribution in [1.29, 1.82) is 0 Å². The number of rotatable bonds is 3. The van der Waals surface area contributed by atoms with E-state index in [2.05, 4.69) is 20.1 Å². The molecule has 1 aromatic rings. The maximum atomic E-state index is 11.0. The molecule has 0 amide bonds. The summed E-state index contributed by atoms with van der Waals surface area (Å²) in [6, 6.07) is 6.09. The second kappa shape index (κ2) is 4.71. The molecule has 0 saturated carbocycles. The molecule has 0 fully saturated rings. The summed E-state index contributed by atoms with van der Waals surface area (Å²) in [6.45, 7) is -0.302. The van der Waals surface area contributed by atoms with Gasteiger partial charge < -0.3 is 3.83 Å². The summed E-state index contributed by atoms with van der Waals surface area (Å²) in [5.41, 5.74) is 0.742. The second-order valence-electron chi connectivity index (χ2n) is 2.56. The van der Waals surface area contributed by atoms with Gasteiger partial charge in [0.1, 0.15) is 0 Å². The van der Waals surface area contributed by atoms with Gasteiger partial charge >= 0.3 is 5.97 Å². The molecule has 0 bridgehead atoms. The Morgan fingerprint density at radius 2 is 2.29 bits per heavy atom. The van der Waals surface area contributed by atoms with Crippen LogP contribution in [0.15, 0.2) is 24.3 Å². The van der Waals surface area contributed by atoms with Crippen molar-refractivity contribution in [3.05, 3.63) is 45.5 Å². The maximum absolute atomic E-state index is 11.0. The molecule has 0 spiro atoms. The molecule has 0 atom stereocenters. The SMILES string of the molecule is O=C(OBr)c1cccc(C[N+](=O)[O-])c1. The first-order valence-corrected chi connectivity index (χ1v) is 4.32. The molecule has 0 saturated heterocycles. The van der Waals surface area contributed by atoms with E-state index in [1.54, 1.807) is 12.1 Å². The third-order valence-corrected chi connectivity index (χ3v) is 1.84. The number of nitrogens with zero attached hydrogens (tertiary/aromatic N) is 1. The average Bonchev–Trinajstić information content (AvgIpc) is 2.16. The van der Waals surface area contributed by atoms with Crippen LogP contribution < -0.4 is 0 Å². The summed E-state index contributed by atoms with van der Waals surface area (Å²) >= 11 is 2.54. The molecule has 0 aliphatic carbocycles. The molecule has 74 valence electrons. The highest BCUT2D eigenvalue weighted by atomic mass is 79.9. The average molecular weight is 260 g/mol. The maximum Gasteiger partial charge on any atom is 0.349 e. The minimum atomic E-state index is -0.574. The molecule has 0 aliphatic heterocycles. The highest BCUT2D eigenvalue weighted by Crippen LogP contribution is 2.08. The van der Waals surface area contributed by atoms with E-state index in [1.807, 2.05) is 0 Å². The third-order valence-electron chi connectivity index (χ3n) is 1.54. The molecule has 6 heteroatoms. The van der Waals surface area contributed by atoms with Gasteiger partial charge in [-0.15, -0.1) is 0 Å². The van der Waals surface area contributed by atoms with Gasteiger partial charge in [0.25, 0.3) is 0 Å². The molecule has 0 unspecified atom stereocenters. The third kappa shape index (κ3) is 2.81. The van der Waals surface area contributed by atoms with Gasteiger partial charge in [-0.05, 0) is 12.1 Å². The molecule has 0 radical (unpaired) electrons. The van der Waals surface area contributed by atoms with Crippen molar-refractivity contribution >= 4 is 22.2 Å². The van der Waals surface area contributed by atoms with Gasteiger partial charge in [0.05, 0.1) is 5.56 Å². The van der Waals surface area contributed by atoms with Gasteiger partial charge in [0, 0.05) is 10.5 Å². The molecular formula is C8H6BrNO4. The van der Waals surface area contributed by atoms with Gasteiger partial charge in [-0.1, -0.05) is 12.1 Å². The summed E-state index contributed by atoms with van der Waals surface area (Å²) in [7, 11) is 0. The van der Waals surface area contributed by atoms with Gasteiger partial charge in [0.15, 0.2) is 16.3 Å². The fourth-order valence-electron chi connectivity index (χ4n) is 0.990. The van der Waals surface area contributed by atoms with Gasteiger partial charge in [-0.2, -0.15) is 0 Å². The predicted molar refractivity (Wildman–Crippen MR) is 51.5 cm³/mol. The number of nitro groups is 1. The van der Waals surface area contributed by atoms with E-state index in [0.29, 0.717) is 5.56 Å². The van der Waals surface area contributed by atoms with E-state index in [4.69, 9.17) is 0 Å². The van der Waals surface area contributed by atoms with Gasteiger partial charge in [-0.25, -0.2) is 4.79 Å². The van der Waals surface area contributed by atoms with Gasteiger partial charge in [0.2, 0.25) is 6.54 Å². The Bertz CT molecular complexity index is 366. The number of benzene rings is 1. The van der Waals surface area contributed by atoms with Crippen LogP contribution >= 0.6 is 16.3 Å². The van der Waals surface area contributed by atoms with Crippen LogP contribution in [0.3, 0.4) is 0 Å². The summed E-state index contributed by atoms with van der Waals surface area (Å²) in [5.74, 6) is -0.574. The first-order chi connectivity index (χ1) is 6.63. The predicted octanol–water partition coefficient (Wildman–Crippen LogP) is 1.93. The highest BCUT2D eigenvalue weighted by molar-refractivity contribution is 9.06. The Morgan fingerprint density at radius 3 is 2.86 bits per heavy atom. The van der Waals surface area contributed by atoms with Crippen molar-refractivity contribution in [3.63, 3.8) is 0 Å². The lowest BCUT2D eigenvalue weighted by molar-refractivity contribution is -0.496. The van der Waals surface area contributed by atoms with Gasteiger partial charge in [-0.3, -0.25) is 10.1 Å². The Labute approximate surface area is 88.3 Å². The molecule has 0 aliphatic rings. The normalized spacial score (nSPS) is 9.50. The molecular weight excluding hydrogens is 254 g/mol. The van der Waals surface area contributed by atoms with Crippen LogP contribution in [-0.4, -0.2) is 10.9 Å². The minimum absolute atomic E-state index is 0.279. The van der Waals surface area contributed by atoms with E-state index in [1.165, 1.54) is 12.1 Å². The first kappa shape index (κ1) is 10.6. The van der Waals surface area contributed by atoms with E-state index in [9.17, 15) is 14.9 Å². The number of carbonyl (C=O) groups is 1.